The van der Waals surface area contributed by atoms with Gasteiger partial charge >= 0.3 is 11.9 Å². The van der Waals surface area contributed by atoms with Gasteiger partial charge < -0.3 is 19.9 Å². The Morgan fingerprint density at radius 1 is 1.23 bits per heavy atom. The van der Waals surface area contributed by atoms with Gasteiger partial charge in [-0.15, -0.1) is 0 Å². The first kappa shape index (κ1) is 18.9. The van der Waals surface area contributed by atoms with Crippen LogP contribution in [0.4, 0.5) is 0 Å². The summed E-state index contributed by atoms with van der Waals surface area (Å²) >= 11 is 0. The standard InChI is InChI=1S/C20H27NO5/c1-12-3-5-14(6-4-12)9-16-10-24-11-17(21)20(23)25-13(2)18(16)26-19(22)15-7-8-15/h3-6,13,15-18H,7-11,21H2,1-2H3. The number of nitrogens with two attached hydrogens (primary N) is 1. The van der Waals surface area contributed by atoms with E-state index in [1.807, 2.05) is 6.92 Å². The molecule has 0 aromatic heterocycles. The van der Waals surface area contributed by atoms with E-state index >= 15 is 0 Å². The molecule has 4 atom stereocenters. The zero-order valence-corrected chi connectivity index (χ0v) is 15.4. The second kappa shape index (κ2) is 8.18. The predicted molar refractivity (Wildman–Crippen MR) is 95.3 cm³/mol. The first-order valence-electron chi connectivity index (χ1n) is 9.24. The maximum absolute atomic E-state index is 12.3. The third kappa shape index (κ3) is 4.83. The molecule has 1 saturated carbocycles. The van der Waals surface area contributed by atoms with E-state index in [2.05, 4.69) is 24.3 Å². The molecule has 0 bridgehead atoms. The van der Waals surface area contributed by atoms with Crippen molar-refractivity contribution < 1.29 is 23.8 Å². The normalized spacial score (nSPS) is 29.9. The third-order valence-electron chi connectivity index (χ3n) is 4.94. The summed E-state index contributed by atoms with van der Waals surface area (Å²) < 4.78 is 16.9. The van der Waals surface area contributed by atoms with Gasteiger partial charge in [-0.2, -0.15) is 0 Å². The molecule has 2 fully saturated rings. The van der Waals surface area contributed by atoms with Crippen LogP contribution in [-0.2, 0) is 30.2 Å². The van der Waals surface area contributed by atoms with Gasteiger partial charge in [-0.05, 0) is 38.7 Å². The molecule has 142 valence electrons. The minimum atomic E-state index is -0.824. The highest BCUT2D eigenvalue weighted by Crippen LogP contribution is 2.32. The van der Waals surface area contributed by atoms with Crippen molar-refractivity contribution in [2.45, 2.75) is 51.4 Å². The highest BCUT2D eigenvalue weighted by molar-refractivity contribution is 5.76. The molecular weight excluding hydrogens is 334 g/mol. The van der Waals surface area contributed by atoms with Crippen LogP contribution in [0.1, 0.15) is 30.9 Å². The van der Waals surface area contributed by atoms with E-state index in [4.69, 9.17) is 19.9 Å². The van der Waals surface area contributed by atoms with Crippen molar-refractivity contribution in [3.05, 3.63) is 35.4 Å². The summed E-state index contributed by atoms with van der Waals surface area (Å²) in [5, 5.41) is 0. The Balaban J connectivity index is 1.80. The molecule has 1 saturated heterocycles. The molecule has 26 heavy (non-hydrogen) atoms. The minimum Gasteiger partial charge on any atom is -0.458 e. The fourth-order valence-corrected chi connectivity index (χ4v) is 3.17. The van der Waals surface area contributed by atoms with Gasteiger partial charge in [0.05, 0.1) is 19.1 Å². The van der Waals surface area contributed by atoms with Crippen molar-refractivity contribution in [1.82, 2.24) is 0 Å². The van der Waals surface area contributed by atoms with Crippen LogP contribution < -0.4 is 5.73 Å². The van der Waals surface area contributed by atoms with Crippen molar-refractivity contribution >= 4 is 11.9 Å². The zero-order chi connectivity index (χ0) is 18.7. The smallest absolute Gasteiger partial charge is 0.325 e. The van der Waals surface area contributed by atoms with Crippen LogP contribution in [0, 0.1) is 18.8 Å². The summed E-state index contributed by atoms with van der Waals surface area (Å²) in [6.07, 6.45) is 1.26. The summed E-state index contributed by atoms with van der Waals surface area (Å²) in [5.41, 5.74) is 8.10. The van der Waals surface area contributed by atoms with E-state index in [0.29, 0.717) is 13.0 Å². The summed E-state index contributed by atoms with van der Waals surface area (Å²) in [6.45, 7) is 4.24. The lowest BCUT2D eigenvalue weighted by Crippen LogP contribution is -2.43. The van der Waals surface area contributed by atoms with E-state index in [1.165, 1.54) is 5.56 Å². The highest BCUT2D eigenvalue weighted by Gasteiger charge is 2.39. The molecule has 1 aromatic carbocycles. The minimum absolute atomic E-state index is 0.0197. The van der Waals surface area contributed by atoms with Crippen molar-refractivity contribution in [2.75, 3.05) is 13.2 Å². The summed E-state index contributed by atoms with van der Waals surface area (Å²) in [6, 6.07) is 7.40. The van der Waals surface area contributed by atoms with Gasteiger partial charge in [-0.25, -0.2) is 0 Å². The van der Waals surface area contributed by atoms with E-state index in [9.17, 15) is 9.59 Å². The molecule has 1 aliphatic carbocycles. The Hall–Kier alpha value is -1.92. The van der Waals surface area contributed by atoms with Crippen LogP contribution in [0.2, 0.25) is 0 Å². The molecular formula is C20H27NO5. The number of ether oxygens (including phenoxy) is 3. The first-order chi connectivity index (χ1) is 12.4. The van der Waals surface area contributed by atoms with Crippen molar-refractivity contribution in [2.24, 2.45) is 17.6 Å². The number of hydrogen-bond acceptors (Lipinski definition) is 6. The molecule has 1 aromatic rings. The molecule has 6 nitrogen and oxygen atoms in total. The monoisotopic (exact) mass is 361 g/mol. The molecule has 2 N–H and O–H groups in total. The van der Waals surface area contributed by atoms with Crippen LogP contribution >= 0.6 is 0 Å². The van der Waals surface area contributed by atoms with Gasteiger partial charge in [0, 0.05) is 5.92 Å². The molecule has 1 heterocycles. The lowest BCUT2D eigenvalue weighted by molar-refractivity contribution is -0.172. The lowest BCUT2D eigenvalue weighted by atomic mass is 9.91. The summed E-state index contributed by atoms with van der Waals surface area (Å²) in [4.78, 5) is 24.3. The van der Waals surface area contributed by atoms with Crippen molar-refractivity contribution in [3.8, 4) is 0 Å². The molecule has 0 spiro atoms. The summed E-state index contributed by atoms with van der Waals surface area (Å²) in [7, 11) is 0. The van der Waals surface area contributed by atoms with Crippen LogP contribution in [0.25, 0.3) is 0 Å². The zero-order valence-electron chi connectivity index (χ0n) is 15.4. The van der Waals surface area contributed by atoms with Gasteiger partial charge in [-0.1, -0.05) is 29.8 Å². The van der Waals surface area contributed by atoms with Crippen LogP contribution in [0.15, 0.2) is 24.3 Å². The molecule has 4 unspecified atom stereocenters. The Labute approximate surface area is 154 Å². The quantitative estimate of drug-likeness (QED) is 0.822. The summed E-state index contributed by atoms with van der Waals surface area (Å²) in [5.74, 6) is -0.876. The van der Waals surface area contributed by atoms with Crippen LogP contribution in [0.5, 0.6) is 0 Å². The number of benzene rings is 1. The lowest BCUT2D eigenvalue weighted by Gasteiger charge is -2.30. The van der Waals surface area contributed by atoms with E-state index in [1.54, 1.807) is 6.92 Å². The second-order valence-electron chi connectivity index (χ2n) is 7.41. The molecule has 3 rings (SSSR count). The largest absolute Gasteiger partial charge is 0.458 e. The van der Waals surface area contributed by atoms with Gasteiger partial charge in [0.2, 0.25) is 0 Å². The Morgan fingerprint density at radius 3 is 2.58 bits per heavy atom. The molecule has 2 aliphatic rings. The maximum atomic E-state index is 12.3. The second-order valence-corrected chi connectivity index (χ2v) is 7.41. The third-order valence-corrected chi connectivity index (χ3v) is 4.94. The Morgan fingerprint density at radius 2 is 1.92 bits per heavy atom. The number of carbonyl (C=O) groups excluding carboxylic acids is 2. The average molecular weight is 361 g/mol. The first-order valence-corrected chi connectivity index (χ1v) is 9.24. The fourth-order valence-electron chi connectivity index (χ4n) is 3.17. The van der Waals surface area contributed by atoms with Gasteiger partial charge in [0.1, 0.15) is 18.2 Å². The highest BCUT2D eigenvalue weighted by atomic mass is 16.6. The van der Waals surface area contributed by atoms with E-state index in [0.717, 1.165) is 18.4 Å². The molecule has 6 heteroatoms. The topological polar surface area (TPSA) is 87.8 Å². The van der Waals surface area contributed by atoms with Crippen molar-refractivity contribution in [1.29, 1.82) is 0 Å². The van der Waals surface area contributed by atoms with Gasteiger partial charge in [0.15, 0.2) is 0 Å². The Bertz CT molecular complexity index is 640. The maximum Gasteiger partial charge on any atom is 0.325 e. The number of esters is 2. The Kier molecular flexibility index (Phi) is 5.94. The molecule has 1 aliphatic heterocycles. The van der Waals surface area contributed by atoms with Gasteiger partial charge in [-0.3, -0.25) is 9.59 Å². The van der Waals surface area contributed by atoms with Crippen molar-refractivity contribution in [3.63, 3.8) is 0 Å². The van der Waals surface area contributed by atoms with Gasteiger partial charge in [0.25, 0.3) is 0 Å². The average Bonchev–Trinajstić information content (AvgIpc) is 3.44. The number of rotatable bonds is 4. The molecule has 0 radical (unpaired) electrons. The molecule has 0 amide bonds. The van der Waals surface area contributed by atoms with Crippen LogP contribution in [0.3, 0.4) is 0 Å². The van der Waals surface area contributed by atoms with Crippen LogP contribution in [-0.4, -0.2) is 43.4 Å². The SMILES string of the molecule is Cc1ccc(CC2COCC(N)C(=O)OC(C)C2OC(=O)C2CC2)cc1. The number of carbonyl (C=O) groups is 2. The number of cyclic esters (lactones) is 1. The van der Waals surface area contributed by atoms with E-state index in [-0.39, 0.29) is 24.4 Å². The van der Waals surface area contributed by atoms with E-state index < -0.39 is 24.2 Å². The predicted octanol–water partition coefficient (Wildman–Crippen LogP) is 1.76. The fraction of sp³-hybridized carbons (Fsp3) is 0.600. The number of aryl methyl sites for hydroxylation is 1. The number of hydrogen-bond donors (Lipinski definition) is 1.